The van der Waals surface area contributed by atoms with E-state index in [1.165, 1.54) is 0 Å². The maximum Gasteiger partial charge on any atom is 0.164 e. The molecule has 0 saturated carbocycles. The van der Waals surface area contributed by atoms with Gasteiger partial charge in [-0.1, -0.05) is 5.16 Å². The lowest BCUT2D eigenvalue weighted by atomic mass is 10.1. The largest absolute Gasteiger partial charge is 0.497 e. The van der Waals surface area contributed by atoms with Crippen LogP contribution in [0.3, 0.4) is 0 Å². The van der Waals surface area contributed by atoms with Crippen molar-refractivity contribution < 1.29 is 14.1 Å². The molecular formula is C19H18N2O3. The highest BCUT2D eigenvalue weighted by molar-refractivity contribution is 5.95. The van der Waals surface area contributed by atoms with Crippen LogP contribution >= 0.6 is 0 Å². The molecule has 2 aromatic heterocycles. The molecule has 0 aliphatic carbocycles. The van der Waals surface area contributed by atoms with Gasteiger partial charge in [-0.3, -0.25) is 9.78 Å². The van der Waals surface area contributed by atoms with Crippen molar-refractivity contribution in [3.05, 3.63) is 65.7 Å². The van der Waals surface area contributed by atoms with Gasteiger partial charge in [-0.2, -0.15) is 0 Å². The summed E-state index contributed by atoms with van der Waals surface area (Å²) in [4.78, 5) is 16.3. The molecule has 24 heavy (non-hydrogen) atoms. The molecule has 5 heteroatoms. The Balaban J connectivity index is 1.63. The normalized spacial score (nSPS) is 10.6. The summed E-state index contributed by atoms with van der Waals surface area (Å²) in [5.41, 5.74) is 3.21. The van der Waals surface area contributed by atoms with Crippen LogP contribution in [-0.4, -0.2) is 23.0 Å². The van der Waals surface area contributed by atoms with Gasteiger partial charge in [0.05, 0.1) is 7.11 Å². The maximum atomic E-state index is 12.2. The van der Waals surface area contributed by atoms with Crippen molar-refractivity contribution >= 4 is 5.78 Å². The smallest absolute Gasteiger partial charge is 0.164 e. The third-order valence-electron chi connectivity index (χ3n) is 3.78. The van der Waals surface area contributed by atoms with E-state index in [-0.39, 0.29) is 5.78 Å². The second-order valence-electron chi connectivity index (χ2n) is 5.52. The number of pyridine rings is 1. The number of benzene rings is 1. The summed E-state index contributed by atoms with van der Waals surface area (Å²) in [6, 6.07) is 13.1. The zero-order valence-corrected chi connectivity index (χ0v) is 13.7. The summed E-state index contributed by atoms with van der Waals surface area (Å²) in [6.45, 7) is 1.89. The van der Waals surface area contributed by atoms with E-state index in [1.807, 2.05) is 43.3 Å². The van der Waals surface area contributed by atoms with Crippen molar-refractivity contribution in [2.45, 2.75) is 19.8 Å². The van der Waals surface area contributed by atoms with E-state index in [1.54, 1.807) is 19.4 Å². The first-order valence-electron chi connectivity index (χ1n) is 7.71. The average molecular weight is 322 g/mol. The fraction of sp³-hybridized carbons (Fsp3) is 0.211. The summed E-state index contributed by atoms with van der Waals surface area (Å²) in [6.07, 6.45) is 2.48. The van der Waals surface area contributed by atoms with Crippen molar-refractivity contribution in [2.24, 2.45) is 0 Å². The predicted molar refractivity (Wildman–Crippen MR) is 90.1 cm³/mol. The number of hydrogen-bond donors (Lipinski definition) is 0. The van der Waals surface area contributed by atoms with Gasteiger partial charge in [0, 0.05) is 41.9 Å². The number of Topliss-reactive ketones (excluding diaryl/α,β-unsaturated/α-hetero) is 1. The standard InChI is InChI=1S/C19H18N2O3/c1-13-3-4-15(12-20-13)19(22)10-9-17-11-18(21-24-17)14-5-7-16(23-2)8-6-14/h3-8,11-12H,9-10H2,1-2H3. The Morgan fingerprint density at radius 2 is 1.96 bits per heavy atom. The molecule has 0 aliphatic heterocycles. The highest BCUT2D eigenvalue weighted by Crippen LogP contribution is 2.22. The lowest BCUT2D eigenvalue weighted by Crippen LogP contribution is -2.01. The topological polar surface area (TPSA) is 65.2 Å². The molecule has 0 bridgehead atoms. The molecule has 0 spiro atoms. The third-order valence-corrected chi connectivity index (χ3v) is 3.78. The number of ketones is 1. The number of carbonyl (C=O) groups excluding carboxylic acids is 1. The number of rotatable bonds is 6. The minimum Gasteiger partial charge on any atom is -0.497 e. The van der Waals surface area contributed by atoms with E-state index < -0.39 is 0 Å². The van der Waals surface area contributed by atoms with Crippen molar-refractivity contribution in [1.29, 1.82) is 0 Å². The summed E-state index contributed by atoms with van der Waals surface area (Å²) >= 11 is 0. The highest BCUT2D eigenvalue weighted by atomic mass is 16.5. The zero-order chi connectivity index (χ0) is 16.9. The van der Waals surface area contributed by atoms with Crippen LogP contribution in [0.25, 0.3) is 11.3 Å². The number of methoxy groups -OCH3 is 1. The molecule has 0 unspecified atom stereocenters. The van der Waals surface area contributed by atoms with E-state index >= 15 is 0 Å². The molecule has 0 saturated heterocycles. The van der Waals surface area contributed by atoms with Crippen LogP contribution in [0.2, 0.25) is 0 Å². The minimum atomic E-state index is 0.0462. The van der Waals surface area contributed by atoms with Gasteiger partial charge in [-0.15, -0.1) is 0 Å². The summed E-state index contributed by atoms with van der Waals surface area (Å²) in [7, 11) is 1.63. The minimum absolute atomic E-state index is 0.0462. The van der Waals surface area contributed by atoms with E-state index in [0.29, 0.717) is 24.2 Å². The molecule has 0 amide bonds. The Morgan fingerprint density at radius 1 is 1.17 bits per heavy atom. The van der Waals surface area contributed by atoms with Gasteiger partial charge in [0.1, 0.15) is 17.2 Å². The fourth-order valence-corrected chi connectivity index (χ4v) is 2.34. The highest BCUT2D eigenvalue weighted by Gasteiger charge is 2.11. The van der Waals surface area contributed by atoms with Crippen LogP contribution in [0.4, 0.5) is 0 Å². The van der Waals surface area contributed by atoms with Crippen molar-refractivity contribution in [3.8, 4) is 17.0 Å². The Kier molecular flexibility index (Phi) is 4.70. The number of nitrogens with zero attached hydrogens (tertiary/aromatic N) is 2. The molecule has 0 atom stereocenters. The molecule has 2 heterocycles. The number of aromatic nitrogens is 2. The Labute approximate surface area is 140 Å². The van der Waals surface area contributed by atoms with Crippen LogP contribution in [0.15, 0.2) is 53.2 Å². The Morgan fingerprint density at radius 3 is 2.62 bits per heavy atom. The molecule has 1 aromatic carbocycles. The zero-order valence-electron chi connectivity index (χ0n) is 13.7. The van der Waals surface area contributed by atoms with Crippen LogP contribution in [0, 0.1) is 6.92 Å². The molecule has 0 fully saturated rings. The first-order valence-corrected chi connectivity index (χ1v) is 7.71. The van der Waals surface area contributed by atoms with Gasteiger partial charge in [-0.05, 0) is 43.3 Å². The number of carbonyl (C=O) groups is 1. The second kappa shape index (κ2) is 7.08. The predicted octanol–water partition coefficient (Wildman–Crippen LogP) is 3.87. The molecule has 122 valence electrons. The maximum absolute atomic E-state index is 12.2. The quantitative estimate of drug-likeness (QED) is 0.645. The van der Waals surface area contributed by atoms with Crippen LogP contribution in [0.1, 0.15) is 28.2 Å². The molecular weight excluding hydrogens is 304 g/mol. The molecule has 3 rings (SSSR count). The van der Waals surface area contributed by atoms with E-state index in [0.717, 1.165) is 22.7 Å². The monoisotopic (exact) mass is 322 g/mol. The number of aryl methyl sites for hydroxylation is 2. The Bertz CT molecular complexity index is 821. The van der Waals surface area contributed by atoms with Crippen molar-refractivity contribution in [3.63, 3.8) is 0 Å². The first-order chi connectivity index (χ1) is 11.7. The lowest BCUT2D eigenvalue weighted by Gasteiger charge is -2.00. The average Bonchev–Trinajstić information content (AvgIpc) is 3.09. The fourth-order valence-electron chi connectivity index (χ4n) is 2.34. The van der Waals surface area contributed by atoms with Gasteiger partial charge in [-0.25, -0.2) is 0 Å². The first kappa shape index (κ1) is 15.9. The lowest BCUT2D eigenvalue weighted by molar-refractivity contribution is 0.0980. The molecule has 5 nitrogen and oxygen atoms in total. The third kappa shape index (κ3) is 3.68. The molecule has 0 N–H and O–H groups in total. The van der Waals surface area contributed by atoms with E-state index in [9.17, 15) is 4.79 Å². The van der Waals surface area contributed by atoms with Gasteiger partial charge >= 0.3 is 0 Å². The summed E-state index contributed by atoms with van der Waals surface area (Å²) in [5.74, 6) is 1.53. The van der Waals surface area contributed by atoms with Gasteiger partial charge in [0.15, 0.2) is 5.78 Å². The second-order valence-corrected chi connectivity index (χ2v) is 5.52. The van der Waals surface area contributed by atoms with Gasteiger partial charge in [0.2, 0.25) is 0 Å². The summed E-state index contributed by atoms with van der Waals surface area (Å²) < 4.78 is 10.5. The van der Waals surface area contributed by atoms with E-state index in [2.05, 4.69) is 10.1 Å². The van der Waals surface area contributed by atoms with Gasteiger partial charge < -0.3 is 9.26 Å². The van der Waals surface area contributed by atoms with Crippen molar-refractivity contribution in [1.82, 2.24) is 10.1 Å². The van der Waals surface area contributed by atoms with Crippen LogP contribution < -0.4 is 4.74 Å². The van der Waals surface area contributed by atoms with E-state index in [4.69, 9.17) is 9.26 Å². The molecule has 3 aromatic rings. The summed E-state index contributed by atoms with van der Waals surface area (Å²) in [5, 5.41) is 4.06. The Hall–Kier alpha value is -2.95. The SMILES string of the molecule is COc1ccc(-c2cc(CCC(=O)c3ccc(C)nc3)on2)cc1. The van der Waals surface area contributed by atoms with Crippen LogP contribution in [-0.2, 0) is 6.42 Å². The van der Waals surface area contributed by atoms with Crippen LogP contribution in [0.5, 0.6) is 5.75 Å². The number of hydrogen-bond acceptors (Lipinski definition) is 5. The molecule has 0 aliphatic rings. The number of ether oxygens (including phenoxy) is 1. The van der Waals surface area contributed by atoms with Gasteiger partial charge in [0.25, 0.3) is 0 Å². The molecule has 0 radical (unpaired) electrons. The van der Waals surface area contributed by atoms with Crippen molar-refractivity contribution in [2.75, 3.05) is 7.11 Å².